The van der Waals surface area contributed by atoms with Gasteiger partial charge in [0.05, 0.1) is 38.3 Å². The molecule has 2 saturated heterocycles. The van der Waals surface area contributed by atoms with Crippen molar-refractivity contribution in [3.05, 3.63) is 35.7 Å². The van der Waals surface area contributed by atoms with E-state index < -0.39 is 0 Å². The summed E-state index contributed by atoms with van der Waals surface area (Å²) in [4.78, 5) is 15.3. The number of rotatable bonds is 7. The Balaban J connectivity index is 1.45. The van der Waals surface area contributed by atoms with Crippen LogP contribution < -0.4 is 10.1 Å². The van der Waals surface area contributed by atoms with Gasteiger partial charge >= 0.3 is 0 Å². The van der Waals surface area contributed by atoms with Gasteiger partial charge in [-0.2, -0.15) is 0 Å². The lowest BCUT2D eigenvalue weighted by Gasteiger charge is -2.37. The molecule has 30 heavy (non-hydrogen) atoms. The van der Waals surface area contributed by atoms with Crippen molar-refractivity contribution < 1.29 is 19.0 Å². The fraction of sp³-hybridized carbons (Fsp3) is 0.571. The van der Waals surface area contributed by atoms with Crippen molar-refractivity contribution in [2.24, 2.45) is 5.92 Å². The third-order valence-electron chi connectivity index (χ3n) is 5.90. The van der Waals surface area contributed by atoms with Gasteiger partial charge in [-0.15, -0.1) is 5.10 Å². The Labute approximate surface area is 176 Å². The second-order valence-electron chi connectivity index (χ2n) is 7.69. The second-order valence-corrected chi connectivity index (χ2v) is 7.69. The molecular weight excluding hydrogens is 386 g/mol. The summed E-state index contributed by atoms with van der Waals surface area (Å²) in [5.74, 6) is 0.927. The molecular formula is C21H29N5O4. The van der Waals surface area contributed by atoms with E-state index >= 15 is 0 Å². The maximum Gasteiger partial charge on any atom is 0.273 e. The van der Waals surface area contributed by atoms with Crippen molar-refractivity contribution in [3.63, 3.8) is 0 Å². The van der Waals surface area contributed by atoms with Gasteiger partial charge in [0.1, 0.15) is 5.75 Å². The summed E-state index contributed by atoms with van der Waals surface area (Å²) in [6.45, 7) is 7.13. The predicted octanol–water partition coefficient (Wildman–Crippen LogP) is 1.05. The zero-order chi connectivity index (χ0) is 20.9. The molecule has 2 aliphatic rings. The Morgan fingerprint density at radius 3 is 2.87 bits per heavy atom. The van der Waals surface area contributed by atoms with Gasteiger partial charge in [0.2, 0.25) is 0 Å². The average molecular weight is 415 g/mol. The van der Waals surface area contributed by atoms with Crippen LogP contribution in [0.25, 0.3) is 5.69 Å². The SMILES string of the molecule is COc1cccc(-n2nnc(C(=O)NCC(C3CCOC3)N3CCOCC3)c2C)c1. The molecule has 1 aromatic heterocycles. The number of benzene rings is 1. The lowest BCUT2D eigenvalue weighted by atomic mass is 9.97. The molecule has 0 radical (unpaired) electrons. The van der Waals surface area contributed by atoms with Crippen molar-refractivity contribution in [1.82, 2.24) is 25.2 Å². The van der Waals surface area contributed by atoms with Crippen molar-refractivity contribution in [2.45, 2.75) is 19.4 Å². The molecule has 1 aromatic carbocycles. The summed E-state index contributed by atoms with van der Waals surface area (Å²) in [5.41, 5.74) is 1.82. The Morgan fingerprint density at radius 1 is 1.30 bits per heavy atom. The van der Waals surface area contributed by atoms with Gasteiger partial charge in [-0.05, 0) is 25.5 Å². The van der Waals surface area contributed by atoms with E-state index in [4.69, 9.17) is 14.2 Å². The monoisotopic (exact) mass is 415 g/mol. The Bertz CT molecular complexity index is 859. The zero-order valence-electron chi connectivity index (χ0n) is 17.5. The number of carbonyl (C=O) groups excluding carboxylic acids is 1. The first-order chi connectivity index (χ1) is 14.7. The highest BCUT2D eigenvalue weighted by Crippen LogP contribution is 2.22. The largest absolute Gasteiger partial charge is 0.497 e. The molecule has 2 unspecified atom stereocenters. The van der Waals surface area contributed by atoms with Crippen molar-refractivity contribution >= 4 is 5.91 Å². The first-order valence-corrected chi connectivity index (χ1v) is 10.4. The number of methoxy groups -OCH3 is 1. The molecule has 9 nitrogen and oxygen atoms in total. The van der Waals surface area contributed by atoms with Crippen molar-refractivity contribution in [2.75, 3.05) is 53.2 Å². The highest BCUT2D eigenvalue weighted by atomic mass is 16.5. The number of nitrogens with zero attached hydrogens (tertiary/aromatic N) is 4. The molecule has 4 rings (SSSR count). The van der Waals surface area contributed by atoms with E-state index in [9.17, 15) is 4.79 Å². The number of carbonyl (C=O) groups is 1. The fourth-order valence-electron chi connectivity index (χ4n) is 4.17. The topological polar surface area (TPSA) is 90.7 Å². The van der Waals surface area contributed by atoms with Crippen LogP contribution >= 0.6 is 0 Å². The third kappa shape index (κ3) is 4.48. The molecule has 1 N–H and O–H groups in total. The molecule has 0 bridgehead atoms. The number of ether oxygens (including phenoxy) is 3. The maximum absolute atomic E-state index is 12.9. The standard InChI is InChI=1S/C21H29N5O4/c1-15-20(23-24-26(15)17-4-3-5-18(12-17)28-2)21(27)22-13-19(16-6-9-30-14-16)25-7-10-29-11-8-25/h3-5,12,16,19H,6-11,13-14H2,1-2H3,(H,22,27). The maximum atomic E-state index is 12.9. The van der Waals surface area contributed by atoms with Crippen LogP contribution in [0.15, 0.2) is 24.3 Å². The molecule has 2 atom stereocenters. The average Bonchev–Trinajstić information content (AvgIpc) is 3.45. The summed E-state index contributed by atoms with van der Waals surface area (Å²) in [6, 6.07) is 7.74. The van der Waals surface area contributed by atoms with Crippen LogP contribution in [-0.2, 0) is 9.47 Å². The zero-order valence-corrected chi connectivity index (χ0v) is 17.5. The smallest absolute Gasteiger partial charge is 0.273 e. The van der Waals surface area contributed by atoms with Crippen LogP contribution in [0, 0.1) is 12.8 Å². The van der Waals surface area contributed by atoms with Crippen molar-refractivity contribution in [1.29, 1.82) is 0 Å². The number of amides is 1. The molecule has 0 aliphatic carbocycles. The van der Waals surface area contributed by atoms with Crippen LogP contribution in [0.2, 0.25) is 0 Å². The highest BCUT2D eigenvalue weighted by Gasteiger charge is 2.32. The predicted molar refractivity (Wildman–Crippen MR) is 110 cm³/mol. The highest BCUT2D eigenvalue weighted by molar-refractivity contribution is 5.93. The lowest BCUT2D eigenvalue weighted by molar-refractivity contribution is 0.00165. The number of aromatic nitrogens is 3. The molecule has 1 amide bonds. The summed E-state index contributed by atoms with van der Waals surface area (Å²) in [5, 5.41) is 11.4. The minimum absolute atomic E-state index is 0.209. The Kier molecular flexibility index (Phi) is 6.61. The van der Waals surface area contributed by atoms with Gasteiger partial charge in [0.15, 0.2) is 5.69 Å². The Hall–Kier alpha value is -2.49. The van der Waals surface area contributed by atoms with E-state index in [2.05, 4.69) is 20.5 Å². The van der Waals surface area contributed by atoms with Crippen LogP contribution in [0.4, 0.5) is 0 Å². The molecule has 9 heteroatoms. The van der Waals surface area contributed by atoms with Gasteiger partial charge in [-0.3, -0.25) is 9.69 Å². The van der Waals surface area contributed by atoms with Crippen LogP contribution in [0.3, 0.4) is 0 Å². The van der Waals surface area contributed by atoms with Crippen LogP contribution in [0.5, 0.6) is 5.75 Å². The fourth-order valence-corrected chi connectivity index (χ4v) is 4.17. The first-order valence-electron chi connectivity index (χ1n) is 10.4. The second kappa shape index (κ2) is 9.55. The number of hydrogen-bond donors (Lipinski definition) is 1. The summed E-state index contributed by atoms with van der Waals surface area (Å²) in [7, 11) is 1.62. The molecule has 2 aromatic rings. The van der Waals surface area contributed by atoms with Crippen LogP contribution in [-0.4, -0.2) is 85.0 Å². The quantitative estimate of drug-likeness (QED) is 0.723. The normalized spacial score (nSPS) is 20.8. The van der Waals surface area contributed by atoms with E-state index in [1.807, 2.05) is 31.2 Å². The minimum Gasteiger partial charge on any atom is -0.497 e. The Morgan fingerprint density at radius 2 is 2.13 bits per heavy atom. The van der Waals surface area contributed by atoms with Crippen molar-refractivity contribution in [3.8, 4) is 11.4 Å². The van der Waals surface area contributed by atoms with Gasteiger partial charge in [0, 0.05) is 44.3 Å². The van der Waals surface area contributed by atoms with E-state index in [-0.39, 0.29) is 11.9 Å². The molecule has 3 heterocycles. The molecule has 2 fully saturated rings. The van der Waals surface area contributed by atoms with Gasteiger partial charge in [-0.1, -0.05) is 11.3 Å². The van der Waals surface area contributed by atoms with Gasteiger partial charge < -0.3 is 19.5 Å². The summed E-state index contributed by atoms with van der Waals surface area (Å²) in [6.07, 6.45) is 1.02. The number of hydrogen-bond acceptors (Lipinski definition) is 7. The van der Waals surface area contributed by atoms with Gasteiger partial charge in [0.25, 0.3) is 5.91 Å². The van der Waals surface area contributed by atoms with E-state index in [0.717, 1.165) is 57.4 Å². The minimum atomic E-state index is -0.209. The summed E-state index contributed by atoms with van der Waals surface area (Å²) < 4.78 is 18.0. The molecule has 0 spiro atoms. The lowest BCUT2D eigenvalue weighted by Crippen LogP contribution is -2.52. The molecule has 2 aliphatic heterocycles. The van der Waals surface area contributed by atoms with Gasteiger partial charge in [-0.25, -0.2) is 4.68 Å². The van der Waals surface area contributed by atoms with E-state index in [1.165, 1.54) is 0 Å². The summed E-state index contributed by atoms with van der Waals surface area (Å²) >= 11 is 0. The molecule has 162 valence electrons. The third-order valence-corrected chi connectivity index (χ3v) is 5.90. The first kappa shape index (κ1) is 20.8. The van der Waals surface area contributed by atoms with E-state index in [1.54, 1.807) is 11.8 Å². The van der Waals surface area contributed by atoms with Crippen LogP contribution in [0.1, 0.15) is 22.6 Å². The van der Waals surface area contributed by atoms with E-state index in [0.29, 0.717) is 23.9 Å². The number of morpholine rings is 1. The number of nitrogens with one attached hydrogen (secondary N) is 1. The molecule has 0 saturated carbocycles.